The molecule has 0 bridgehead atoms. The molecule has 2 aromatic heterocycles. The Labute approximate surface area is 142 Å². The van der Waals surface area contributed by atoms with E-state index in [1.54, 1.807) is 4.52 Å². The van der Waals surface area contributed by atoms with Gasteiger partial charge in [-0.05, 0) is 25.0 Å². The fourth-order valence-corrected chi connectivity index (χ4v) is 3.82. The Morgan fingerprint density at radius 3 is 2.70 bits per heavy atom. The number of carbonyl (C=O) groups is 1. The smallest absolute Gasteiger partial charge is 0.229 e. The number of halogens is 1. The summed E-state index contributed by atoms with van der Waals surface area (Å²) < 4.78 is 1.71. The summed E-state index contributed by atoms with van der Waals surface area (Å²) in [6.45, 7) is 0. The molecule has 0 saturated heterocycles. The molecule has 1 amide bonds. The zero-order valence-corrected chi connectivity index (χ0v) is 13.9. The molecule has 23 heavy (non-hydrogen) atoms. The summed E-state index contributed by atoms with van der Waals surface area (Å²) in [5.74, 6) is 0.216. The number of nitrogens with one attached hydrogen (secondary N) is 1. The van der Waals surface area contributed by atoms with Gasteiger partial charge in [-0.25, -0.2) is 9.50 Å². The van der Waals surface area contributed by atoms with E-state index in [9.17, 15) is 4.79 Å². The predicted octanol–water partition coefficient (Wildman–Crippen LogP) is 4.24. The lowest BCUT2D eigenvalue weighted by Crippen LogP contribution is -2.20. The van der Waals surface area contributed by atoms with E-state index in [-0.39, 0.29) is 11.8 Å². The maximum atomic E-state index is 12.1. The van der Waals surface area contributed by atoms with Gasteiger partial charge in [-0.1, -0.05) is 47.9 Å². The molecule has 1 fully saturated rings. The third-order valence-corrected chi connectivity index (χ3v) is 5.23. The van der Waals surface area contributed by atoms with Crippen LogP contribution in [0.25, 0.3) is 16.2 Å². The van der Waals surface area contributed by atoms with Crippen molar-refractivity contribution in [3.8, 4) is 11.3 Å². The van der Waals surface area contributed by atoms with Crippen molar-refractivity contribution in [2.75, 3.05) is 5.32 Å². The molecule has 2 heterocycles. The second-order valence-electron chi connectivity index (χ2n) is 5.74. The number of rotatable bonds is 3. The van der Waals surface area contributed by atoms with Gasteiger partial charge in [0.25, 0.3) is 0 Å². The number of anilines is 1. The minimum Gasteiger partial charge on any atom is -0.300 e. The Hall–Kier alpha value is -1.92. The van der Waals surface area contributed by atoms with Gasteiger partial charge in [-0.2, -0.15) is 0 Å². The normalized spacial score (nSPS) is 15.3. The molecule has 7 heteroatoms. The van der Waals surface area contributed by atoms with E-state index in [2.05, 4.69) is 15.4 Å². The lowest BCUT2D eigenvalue weighted by atomic mass is 10.1. The van der Waals surface area contributed by atoms with Gasteiger partial charge >= 0.3 is 0 Å². The quantitative estimate of drug-likeness (QED) is 0.771. The maximum absolute atomic E-state index is 12.1. The molecular weight excluding hydrogens is 332 g/mol. The number of fused-ring (bicyclic) bond motifs is 1. The summed E-state index contributed by atoms with van der Waals surface area (Å²) in [4.78, 5) is 17.5. The van der Waals surface area contributed by atoms with Crippen molar-refractivity contribution < 1.29 is 4.79 Å². The molecule has 1 aromatic carbocycles. The van der Waals surface area contributed by atoms with Crippen LogP contribution in [-0.4, -0.2) is 20.5 Å². The molecular formula is C16H15ClN4OS. The van der Waals surface area contributed by atoms with Crippen LogP contribution in [0.2, 0.25) is 5.02 Å². The first-order valence-electron chi connectivity index (χ1n) is 7.62. The number of aromatic nitrogens is 3. The number of hydrogen-bond donors (Lipinski definition) is 1. The summed E-state index contributed by atoms with van der Waals surface area (Å²) in [7, 11) is 0. The van der Waals surface area contributed by atoms with Crippen LogP contribution in [0.4, 0.5) is 5.13 Å². The zero-order valence-electron chi connectivity index (χ0n) is 12.3. The average molecular weight is 347 g/mol. The third kappa shape index (κ3) is 2.96. The average Bonchev–Trinajstić information content (AvgIpc) is 3.23. The maximum Gasteiger partial charge on any atom is 0.229 e. The van der Waals surface area contributed by atoms with E-state index in [4.69, 9.17) is 11.6 Å². The highest BCUT2D eigenvalue weighted by atomic mass is 35.5. The summed E-state index contributed by atoms with van der Waals surface area (Å²) in [5, 5.41) is 8.62. The van der Waals surface area contributed by atoms with Gasteiger partial charge in [0, 0.05) is 16.5 Å². The Morgan fingerprint density at radius 2 is 2.00 bits per heavy atom. The highest BCUT2D eigenvalue weighted by molar-refractivity contribution is 7.20. The number of imidazole rings is 1. The van der Waals surface area contributed by atoms with Crippen LogP contribution in [0, 0.1) is 5.92 Å². The highest BCUT2D eigenvalue weighted by Gasteiger charge is 2.23. The van der Waals surface area contributed by atoms with E-state index in [1.165, 1.54) is 11.3 Å². The Morgan fingerprint density at radius 1 is 1.26 bits per heavy atom. The third-order valence-electron chi connectivity index (χ3n) is 4.14. The van der Waals surface area contributed by atoms with Gasteiger partial charge in [0.1, 0.15) is 0 Å². The molecule has 1 aliphatic rings. The van der Waals surface area contributed by atoms with E-state index in [1.807, 2.05) is 30.5 Å². The molecule has 1 aliphatic carbocycles. The summed E-state index contributed by atoms with van der Waals surface area (Å²) in [6, 6.07) is 7.53. The first kappa shape index (κ1) is 14.7. The molecule has 0 aliphatic heterocycles. The first-order chi connectivity index (χ1) is 11.2. The largest absolute Gasteiger partial charge is 0.300 e. The number of hydrogen-bond acceptors (Lipinski definition) is 4. The number of nitrogens with zero attached hydrogens (tertiary/aromatic N) is 3. The van der Waals surface area contributed by atoms with E-state index in [0.717, 1.165) is 41.9 Å². The predicted molar refractivity (Wildman–Crippen MR) is 91.9 cm³/mol. The second kappa shape index (κ2) is 5.94. The van der Waals surface area contributed by atoms with E-state index >= 15 is 0 Å². The van der Waals surface area contributed by atoms with Crippen LogP contribution in [0.3, 0.4) is 0 Å². The molecule has 0 atom stereocenters. The van der Waals surface area contributed by atoms with Crippen LogP contribution in [0.5, 0.6) is 0 Å². The van der Waals surface area contributed by atoms with Gasteiger partial charge in [-0.3, -0.25) is 4.79 Å². The minimum absolute atomic E-state index is 0.0810. The number of amides is 1. The fourth-order valence-electron chi connectivity index (χ4n) is 2.91. The second-order valence-corrected chi connectivity index (χ2v) is 7.13. The van der Waals surface area contributed by atoms with Crippen molar-refractivity contribution in [3.63, 3.8) is 0 Å². The van der Waals surface area contributed by atoms with E-state index < -0.39 is 0 Å². The van der Waals surface area contributed by atoms with Crippen LogP contribution in [0.15, 0.2) is 30.5 Å². The molecule has 0 radical (unpaired) electrons. The summed E-state index contributed by atoms with van der Waals surface area (Å²) >= 11 is 7.29. The number of carbonyl (C=O) groups excluding carboxylic acids is 1. The van der Waals surface area contributed by atoms with Crippen molar-refractivity contribution in [1.82, 2.24) is 14.6 Å². The molecule has 3 aromatic rings. The van der Waals surface area contributed by atoms with E-state index in [0.29, 0.717) is 10.2 Å². The van der Waals surface area contributed by atoms with Crippen molar-refractivity contribution in [3.05, 3.63) is 35.5 Å². The van der Waals surface area contributed by atoms with Gasteiger partial charge in [-0.15, -0.1) is 5.10 Å². The van der Waals surface area contributed by atoms with Crippen molar-refractivity contribution in [1.29, 1.82) is 0 Å². The first-order valence-corrected chi connectivity index (χ1v) is 8.81. The van der Waals surface area contributed by atoms with Crippen LogP contribution in [0.1, 0.15) is 25.7 Å². The summed E-state index contributed by atoms with van der Waals surface area (Å²) in [5.41, 5.74) is 1.83. The van der Waals surface area contributed by atoms with Gasteiger partial charge in [0.2, 0.25) is 16.0 Å². The van der Waals surface area contributed by atoms with Crippen LogP contribution in [-0.2, 0) is 4.79 Å². The zero-order chi connectivity index (χ0) is 15.8. The molecule has 0 spiro atoms. The lowest BCUT2D eigenvalue weighted by molar-refractivity contribution is -0.119. The molecule has 0 unspecified atom stereocenters. The monoisotopic (exact) mass is 346 g/mol. The Balaban J connectivity index is 1.54. The standard InChI is InChI=1S/C16H15ClN4OS/c17-12-7-5-10(6-8-12)13-9-21-16(18-13)23-15(20-21)19-14(22)11-3-1-2-4-11/h5-9,11H,1-4H2,(H,19,20,22). The molecule has 1 N–H and O–H groups in total. The molecule has 5 nitrogen and oxygen atoms in total. The summed E-state index contributed by atoms with van der Waals surface area (Å²) in [6.07, 6.45) is 6.11. The Kier molecular flexibility index (Phi) is 3.79. The highest BCUT2D eigenvalue weighted by Crippen LogP contribution is 2.28. The minimum atomic E-state index is 0.0810. The topological polar surface area (TPSA) is 59.3 Å². The van der Waals surface area contributed by atoms with Gasteiger partial charge < -0.3 is 5.32 Å². The molecule has 1 saturated carbocycles. The van der Waals surface area contributed by atoms with Crippen LogP contribution >= 0.6 is 22.9 Å². The number of benzene rings is 1. The van der Waals surface area contributed by atoms with Crippen molar-refractivity contribution >= 4 is 38.9 Å². The molecule has 4 rings (SSSR count). The SMILES string of the molecule is O=C(Nc1nn2cc(-c3ccc(Cl)cc3)nc2s1)C1CCCC1. The fraction of sp³-hybridized carbons (Fsp3) is 0.312. The molecule has 118 valence electrons. The lowest BCUT2D eigenvalue weighted by Gasteiger charge is -2.06. The van der Waals surface area contributed by atoms with Crippen molar-refractivity contribution in [2.24, 2.45) is 5.92 Å². The van der Waals surface area contributed by atoms with Crippen molar-refractivity contribution in [2.45, 2.75) is 25.7 Å². The van der Waals surface area contributed by atoms with Gasteiger partial charge in [0.15, 0.2) is 0 Å². The Bertz CT molecular complexity index is 817. The van der Waals surface area contributed by atoms with Crippen LogP contribution < -0.4 is 5.32 Å². The van der Waals surface area contributed by atoms with Gasteiger partial charge in [0.05, 0.1) is 11.9 Å².